The Labute approximate surface area is 156 Å². The lowest BCUT2D eigenvalue weighted by Crippen LogP contribution is -2.34. The van der Waals surface area contributed by atoms with Gasteiger partial charge < -0.3 is 15.4 Å². The van der Waals surface area contributed by atoms with Crippen LogP contribution >= 0.6 is 0 Å². The molecule has 0 bridgehead atoms. The summed E-state index contributed by atoms with van der Waals surface area (Å²) in [5.41, 5.74) is 0.406. The van der Waals surface area contributed by atoms with Gasteiger partial charge >= 0.3 is 0 Å². The van der Waals surface area contributed by atoms with Crippen molar-refractivity contribution in [2.24, 2.45) is 5.92 Å². The predicted molar refractivity (Wildman–Crippen MR) is 102 cm³/mol. The molecular formula is C18H29N3O4S. The maximum absolute atomic E-state index is 12.8. The van der Waals surface area contributed by atoms with Crippen LogP contribution in [0, 0.1) is 5.92 Å². The number of ether oxygens (including phenoxy) is 1. The van der Waals surface area contributed by atoms with Gasteiger partial charge in [0.25, 0.3) is 0 Å². The van der Waals surface area contributed by atoms with Crippen molar-refractivity contribution in [1.82, 2.24) is 9.62 Å². The van der Waals surface area contributed by atoms with Gasteiger partial charge in [-0.2, -0.15) is 4.31 Å². The molecule has 0 atom stereocenters. The van der Waals surface area contributed by atoms with Gasteiger partial charge in [0.1, 0.15) is 5.75 Å². The van der Waals surface area contributed by atoms with Crippen LogP contribution in [-0.2, 0) is 14.8 Å². The van der Waals surface area contributed by atoms with Crippen molar-refractivity contribution in [3.05, 3.63) is 18.2 Å². The van der Waals surface area contributed by atoms with E-state index >= 15 is 0 Å². The van der Waals surface area contributed by atoms with Gasteiger partial charge in [-0.05, 0) is 51.1 Å². The maximum atomic E-state index is 12.8. The van der Waals surface area contributed by atoms with Gasteiger partial charge in [0.2, 0.25) is 15.9 Å². The molecule has 2 rings (SSSR count). The molecule has 26 heavy (non-hydrogen) atoms. The highest BCUT2D eigenvalue weighted by molar-refractivity contribution is 7.89. The Morgan fingerprint density at radius 2 is 1.88 bits per heavy atom. The second-order valence-electron chi connectivity index (χ2n) is 6.19. The van der Waals surface area contributed by atoms with Crippen LogP contribution in [0.2, 0.25) is 0 Å². The minimum atomic E-state index is -3.60. The van der Waals surface area contributed by atoms with Crippen LogP contribution in [0.4, 0.5) is 5.69 Å². The van der Waals surface area contributed by atoms with E-state index < -0.39 is 10.0 Å². The van der Waals surface area contributed by atoms with Gasteiger partial charge in [0, 0.05) is 19.0 Å². The molecule has 0 unspecified atom stereocenters. The molecule has 0 saturated carbocycles. The summed E-state index contributed by atoms with van der Waals surface area (Å²) in [5.74, 6) is 0.312. The third-order valence-electron chi connectivity index (χ3n) is 4.56. The molecule has 0 spiro atoms. The van der Waals surface area contributed by atoms with Crippen LogP contribution < -0.4 is 15.4 Å². The van der Waals surface area contributed by atoms with Crippen LogP contribution in [0.15, 0.2) is 23.1 Å². The highest BCUT2D eigenvalue weighted by Gasteiger charge is 2.25. The quantitative estimate of drug-likeness (QED) is 0.717. The first-order valence-electron chi connectivity index (χ1n) is 9.22. The lowest BCUT2D eigenvalue weighted by Gasteiger charge is -2.23. The molecule has 7 nitrogen and oxygen atoms in total. The summed E-state index contributed by atoms with van der Waals surface area (Å²) in [4.78, 5) is 12.7. The summed E-state index contributed by atoms with van der Waals surface area (Å²) >= 11 is 0. The Kier molecular flexibility index (Phi) is 7.43. The molecule has 1 amide bonds. The topological polar surface area (TPSA) is 87.7 Å². The lowest BCUT2D eigenvalue weighted by molar-refractivity contribution is -0.120. The van der Waals surface area contributed by atoms with E-state index in [2.05, 4.69) is 10.6 Å². The number of hydrogen-bond acceptors (Lipinski definition) is 5. The summed E-state index contributed by atoms with van der Waals surface area (Å²) < 4.78 is 32.5. The molecule has 1 aliphatic rings. The Bertz CT molecular complexity index is 711. The third-order valence-corrected chi connectivity index (χ3v) is 6.61. The summed E-state index contributed by atoms with van der Waals surface area (Å²) in [6, 6.07) is 4.63. The SMILES string of the molecule is CCOc1ccc(S(=O)(=O)N(CC)CC)cc1NC(=O)C1CCNCC1. The number of carbonyl (C=O) groups excluding carboxylic acids is 1. The van der Waals surface area contributed by atoms with Crippen LogP contribution in [0.25, 0.3) is 0 Å². The minimum absolute atomic E-state index is 0.0752. The largest absolute Gasteiger partial charge is 0.492 e. The normalized spacial score (nSPS) is 15.8. The number of sulfonamides is 1. The summed E-state index contributed by atoms with van der Waals surface area (Å²) in [6.45, 7) is 8.29. The number of anilines is 1. The van der Waals surface area contributed by atoms with Crippen molar-refractivity contribution >= 4 is 21.6 Å². The first-order valence-corrected chi connectivity index (χ1v) is 10.7. The number of carbonyl (C=O) groups is 1. The third kappa shape index (κ3) is 4.75. The van der Waals surface area contributed by atoms with Gasteiger partial charge in [0.15, 0.2) is 0 Å². The van der Waals surface area contributed by atoms with E-state index in [0.717, 1.165) is 25.9 Å². The number of nitrogens with zero attached hydrogens (tertiary/aromatic N) is 1. The van der Waals surface area contributed by atoms with E-state index in [4.69, 9.17) is 4.74 Å². The average molecular weight is 384 g/mol. The summed E-state index contributed by atoms with van der Waals surface area (Å²) in [5, 5.41) is 6.11. The zero-order valence-corrected chi connectivity index (χ0v) is 16.6. The van der Waals surface area contributed by atoms with E-state index in [1.165, 1.54) is 16.4 Å². The number of benzene rings is 1. The predicted octanol–water partition coefficient (Wildman–Crippen LogP) is 2.05. The first kappa shape index (κ1) is 20.7. The summed E-state index contributed by atoms with van der Waals surface area (Å²) in [7, 11) is -3.60. The van der Waals surface area contributed by atoms with Gasteiger partial charge in [0.05, 0.1) is 17.2 Å². The zero-order valence-electron chi connectivity index (χ0n) is 15.7. The van der Waals surface area contributed by atoms with Crippen molar-refractivity contribution in [2.45, 2.75) is 38.5 Å². The van der Waals surface area contributed by atoms with Crippen LogP contribution in [0.3, 0.4) is 0 Å². The zero-order chi connectivity index (χ0) is 19.2. The number of amides is 1. The maximum Gasteiger partial charge on any atom is 0.243 e. The van der Waals surface area contributed by atoms with E-state index in [0.29, 0.717) is 31.1 Å². The fraction of sp³-hybridized carbons (Fsp3) is 0.611. The Morgan fingerprint density at radius 3 is 2.46 bits per heavy atom. The first-order chi connectivity index (χ1) is 12.4. The Hall–Kier alpha value is -1.64. The molecule has 0 aromatic heterocycles. The molecule has 146 valence electrons. The fourth-order valence-corrected chi connectivity index (χ4v) is 4.56. The van der Waals surface area contributed by atoms with Crippen LogP contribution in [-0.4, -0.2) is 51.4 Å². The number of nitrogens with one attached hydrogen (secondary N) is 2. The molecule has 1 saturated heterocycles. The van der Waals surface area contributed by atoms with Crippen LogP contribution in [0.1, 0.15) is 33.6 Å². The number of hydrogen-bond donors (Lipinski definition) is 2. The fourth-order valence-electron chi connectivity index (χ4n) is 3.08. The van der Waals surface area contributed by atoms with Gasteiger partial charge in [-0.25, -0.2) is 8.42 Å². The molecule has 1 aromatic rings. The molecular weight excluding hydrogens is 354 g/mol. The Morgan fingerprint density at radius 1 is 1.23 bits per heavy atom. The van der Waals surface area contributed by atoms with Gasteiger partial charge in [-0.1, -0.05) is 13.8 Å². The highest BCUT2D eigenvalue weighted by Crippen LogP contribution is 2.30. The van der Waals surface area contributed by atoms with E-state index in [9.17, 15) is 13.2 Å². The van der Waals surface area contributed by atoms with Crippen molar-refractivity contribution in [3.8, 4) is 5.75 Å². The molecule has 2 N–H and O–H groups in total. The van der Waals surface area contributed by atoms with Crippen molar-refractivity contribution in [2.75, 3.05) is 38.1 Å². The van der Waals surface area contributed by atoms with Crippen molar-refractivity contribution < 1.29 is 17.9 Å². The lowest BCUT2D eigenvalue weighted by atomic mass is 9.97. The second kappa shape index (κ2) is 9.34. The van der Waals surface area contributed by atoms with E-state index in [1.807, 2.05) is 6.92 Å². The molecule has 8 heteroatoms. The van der Waals surface area contributed by atoms with Crippen molar-refractivity contribution in [3.63, 3.8) is 0 Å². The second-order valence-corrected chi connectivity index (χ2v) is 8.13. The minimum Gasteiger partial charge on any atom is -0.492 e. The average Bonchev–Trinajstić information content (AvgIpc) is 2.64. The Balaban J connectivity index is 2.31. The monoisotopic (exact) mass is 383 g/mol. The molecule has 1 heterocycles. The van der Waals surface area contributed by atoms with E-state index in [1.54, 1.807) is 19.9 Å². The summed E-state index contributed by atoms with van der Waals surface area (Å²) in [6.07, 6.45) is 1.54. The molecule has 1 aliphatic heterocycles. The molecule has 1 fully saturated rings. The van der Waals surface area contributed by atoms with Crippen LogP contribution in [0.5, 0.6) is 5.75 Å². The highest BCUT2D eigenvalue weighted by atomic mass is 32.2. The molecule has 1 aromatic carbocycles. The molecule has 0 radical (unpaired) electrons. The van der Waals surface area contributed by atoms with Gasteiger partial charge in [-0.3, -0.25) is 4.79 Å². The standard InChI is InChI=1S/C18H29N3O4S/c1-4-21(5-2)26(23,24)15-7-8-17(25-6-3)16(13-15)20-18(22)14-9-11-19-12-10-14/h7-8,13-14,19H,4-6,9-12H2,1-3H3,(H,20,22). The van der Waals surface area contributed by atoms with E-state index in [-0.39, 0.29) is 16.7 Å². The van der Waals surface area contributed by atoms with Crippen molar-refractivity contribution in [1.29, 1.82) is 0 Å². The smallest absolute Gasteiger partial charge is 0.243 e. The molecule has 0 aliphatic carbocycles. The number of piperidine rings is 1. The number of rotatable bonds is 8. The van der Waals surface area contributed by atoms with Gasteiger partial charge in [-0.15, -0.1) is 0 Å².